The van der Waals surface area contributed by atoms with Crippen LogP contribution in [0.3, 0.4) is 0 Å². The average molecular weight is 580 g/mol. The number of anilines is 2. The Bertz CT molecular complexity index is 1370. The highest BCUT2D eigenvalue weighted by molar-refractivity contribution is 6.53. The summed E-state index contributed by atoms with van der Waals surface area (Å²) in [5, 5.41) is 3.38. The van der Waals surface area contributed by atoms with E-state index in [0.717, 1.165) is 6.20 Å². The Morgan fingerprint density at radius 2 is 1.71 bits per heavy atom. The van der Waals surface area contributed by atoms with Crippen LogP contribution in [0.4, 0.5) is 20.2 Å². The number of carbonyl (C=O) groups is 2. The number of nitrogens with zero attached hydrogens (tertiary/aromatic N) is 1. The number of nitrogens with one attached hydrogen (secondary N) is 1. The molecule has 35 heavy (non-hydrogen) atoms. The van der Waals surface area contributed by atoms with Crippen LogP contribution in [0.25, 0.3) is 0 Å². The highest BCUT2D eigenvalue weighted by Crippen LogP contribution is 2.65. The number of hydrogen-bond acceptors (Lipinski definition) is 4. The highest BCUT2D eigenvalue weighted by atomic mass is 35.5. The van der Waals surface area contributed by atoms with Crippen LogP contribution >= 0.6 is 58.0 Å². The van der Waals surface area contributed by atoms with E-state index < -0.39 is 51.6 Å². The van der Waals surface area contributed by atoms with Crippen LogP contribution < -0.4 is 11.1 Å². The highest BCUT2D eigenvalue weighted by Gasteiger charge is 2.67. The van der Waals surface area contributed by atoms with Gasteiger partial charge in [-0.2, -0.15) is 0 Å². The fourth-order valence-corrected chi connectivity index (χ4v) is 5.06. The third kappa shape index (κ3) is 5.06. The van der Waals surface area contributed by atoms with Crippen LogP contribution in [0, 0.1) is 17.6 Å². The molecule has 12 heteroatoms. The van der Waals surface area contributed by atoms with Gasteiger partial charge in [-0.3, -0.25) is 14.6 Å². The van der Waals surface area contributed by atoms with Gasteiger partial charge in [0.25, 0.3) is 0 Å². The van der Waals surface area contributed by atoms with E-state index in [1.165, 1.54) is 18.2 Å². The Morgan fingerprint density at radius 1 is 1.03 bits per heavy atom. The molecule has 3 aromatic rings. The predicted molar refractivity (Wildman–Crippen MR) is 134 cm³/mol. The molecule has 3 N–H and O–H groups in total. The second-order valence-corrected chi connectivity index (χ2v) is 10.5. The van der Waals surface area contributed by atoms with Crippen LogP contribution in [-0.2, 0) is 11.2 Å². The van der Waals surface area contributed by atoms with Crippen LogP contribution in [0.15, 0.2) is 42.6 Å². The number of benzene rings is 2. The van der Waals surface area contributed by atoms with Gasteiger partial charge in [0.15, 0.2) is 17.4 Å². The first-order valence-electron chi connectivity index (χ1n) is 9.96. The minimum atomic E-state index is -1.38. The van der Waals surface area contributed by atoms with Crippen molar-refractivity contribution >= 4 is 81.1 Å². The summed E-state index contributed by atoms with van der Waals surface area (Å²) >= 11 is 30.9. The molecule has 1 heterocycles. The van der Waals surface area contributed by atoms with Crippen molar-refractivity contribution in [2.45, 2.75) is 16.7 Å². The summed E-state index contributed by atoms with van der Waals surface area (Å²) < 4.78 is 26.1. The van der Waals surface area contributed by atoms with E-state index in [4.69, 9.17) is 63.7 Å². The monoisotopic (exact) mass is 577 g/mol. The molecule has 0 unspecified atom stereocenters. The Hall–Kier alpha value is -2.16. The summed E-state index contributed by atoms with van der Waals surface area (Å²) in [6.45, 7) is 0. The van der Waals surface area contributed by atoms with Gasteiger partial charge in [0.2, 0.25) is 5.91 Å². The maximum atomic E-state index is 14.2. The number of ketones is 1. The molecular weight excluding hydrogens is 566 g/mol. The number of halogens is 7. The molecule has 0 saturated heterocycles. The van der Waals surface area contributed by atoms with E-state index in [2.05, 4.69) is 10.3 Å². The fraction of sp³-hybridized carbons (Fsp3) is 0.174. The van der Waals surface area contributed by atoms with Crippen molar-refractivity contribution in [2.24, 2.45) is 5.92 Å². The molecule has 5 nitrogen and oxygen atoms in total. The van der Waals surface area contributed by atoms with Crippen molar-refractivity contribution in [2.75, 3.05) is 11.1 Å². The minimum Gasteiger partial charge on any atom is -0.394 e. The number of alkyl halides is 2. The van der Waals surface area contributed by atoms with Crippen molar-refractivity contribution in [3.05, 3.63) is 86.1 Å². The van der Waals surface area contributed by atoms with Crippen LogP contribution in [0.2, 0.25) is 15.1 Å². The zero-order chi connectivity index (χ0) is 25.7. The molecule has 0 radical (unpaired) electrons. The Morgan fingerprint density at radius 3 is 2.40 bits per heavy atom. The molecule has 1 saturated carbocycles. The zero-order valence-corrected chi connectivity index (χ0v) is 21.2. The summed E-state index contributed by atoms with van der Waals surface area (Å²) in [7, 11) is 0. The SMILES string of the molecule is Nc1c(F)cnc(CC(=O)c2cc(NC(=O)[C@H]3[C@H](c4ccc(Cl)c(Cl)c4)C3(Cl)Cl)ccc2Cl)c1F. The smallest absolute Gasteiger partial charge is 0.231 e. The third-order valence-electron chi connectivity index (χ3n) is 5.58. The van der Waals surface area contributed by atoms with Crippen molar-refractivity contribution in [1.29, 1.82) is 0 Å². The second-order valence-electron chi connectivity index (χ2n) is 7.87. The van der Waals surface area contributed by atoms with Gasteiger partial charge in [0.1, 0.15) is 10.0 Å². The Kier molecular flexibility index (Phi) is 7.19. The van der Waals surface area contributed by atoms with E-state index in [9.17, 15) is 18.4 Å². The molecule has 182 valence electrons. The third-order valence-corrected chi connectivity index (χ3v) is 7.59. The van der Waals surface area contributed by atoms with Crippen molar-refractivity contribution in [3.63, 3.8) is 0 Å². The fourth-order valence-electron chi connectivity index (χ4n) is 3.70. The molecular formula is C23H14Cl5F2N3O2. The van der Waals surface area contributed by atoms with Crippen LogP contribution in [0.5, 0.6) is 0 Å². The Labute approximate surface area is 223 Å². The van der Waals surface area contributed by atoms with Gasteiger partial charge in [-0.25, -0.2) is 8.78 Å². The molecule has 2 aromatic carbocycles. The van der Waals surface area contributed by atoms with Crippen LogP contribution in [-0.4, -0.2) is 21.0 Å². The Balaban J connectivity index is 1.52. The lowest BCUT2D eigenvalue weighted by Crippen LogP contribution is -2.17. The van der Waals surface area contributed by atoms with Gasteiger partial charge in [-0.05, 0) is 35.9 Å². The molecule has 2 atom stereocenters. The summed E-state index contributed by atoms with van der Waals surface area (Å²) in [5.74, 6) is -4.61. The molecule has 1 fully saturated rings. The summed E-state index contributed by atoms with van der Waals surface area (Å²) in [6, 6.07) is 9.06. The van der Waals surface area contributed by atoms with Gasteiger partial charge < -0.3 is 11.1 Å². The first kappa shape index (κ1) is 25.9. The van der Waals surface area contributed by atoms with Crippen LogP contribution in [0.1, 0.15) is 27.5 Å². The van der Waals surface area contributed by atoms with Gasteiger partial charge in [-0.1, -0.05) is 40.9 Å². The molecule has 0 bridgehead atoms. The number of amides is 1. The molecule has 0 spiro atoms. The maximum absolute atomic E-state index is 14.2. The van der Waals surface area contributed by atoms with E-state index in [-0.39, 0.29) is 22.0 Å². The molecule has 1 amide bonds. The largest absolute Gasteiger partial charge is 0.394 e. The summed E-state index contributed by atoms with van der Waals surface area (Å²) in [4.78, 5) is 29.3. The first-order chi connectivity index (χ1) is 16.4. The molecule has 1 aromatic heterocycles. The normalized spacial score (nSPS) is 18.3. The van der Waals surface area contributed by atoms with Gasteiger partial charge in [0.05, 0.1) is 39.3 Å². The number of rotatable bonds is 6. The van der Waals surface area contributed by atoms with Gasteiger partial charge in [0, 0.05) is 17.2 Å². The minimum absolute atomic E-state index is 0.00611. The van der Waals surface area contributed by atoms with Crippen molar-refractivity contribution in [1.82, 2.24) is 4.98 Å². The van der Waals surface area contributed by atoms with Gasteiger partial charge >= 0.3 is 0 Å². The van der Waals surface area contributed by atoms with Crippen molar-refractivity contribution in [3.8, 4) is 0 Å². The number of pyridine rings is 1. The lowest BCUT2D eigenvalue weighted by Gasteiger charge is -2.10. The molecule has 1 aliphatic carbocycles. The number of aromatic nitrogens is 1. The second kappa shape index (κ2) is 9.71. The van der Waals surface area contributed by atoms with Gasteiger partial charge in [-0.15, -0.1) is 23.2 Å². The van der Waals surface area contributed by atoms with E-state index >= 15 is 0 Å². The van der Waals surface area contributed by atoms with Crippen molar-refractivity contribution < 1.29 is 18.4 Å². The zero-order valence-electron chi connectivity index (χ0n) is 17.4. The van der Waals surface area contributed by atoms with E-state index in [0.29, 0.717) is 15.6 Å². The van der Waals surface area contributed by atoms with E-state index in [1.54, 1.807) is 18.2 Å². The molecule has 0 aliphatic heterocycles. The first-order valence-corrected chi connectivity index (χ1v) is 11.9. The number of hydrogen-bond donors (Lipinski definition) is 2. The number of Topliss-reactive ketones (excluding diaryl/α,β-unsaturated/α-hetero) is 1. The summed E-state index contributed by atoms with van der Waals surface area (Å²) in [5.41, 5.74) is 5.12. The lowest BCUT2D eigenvalue weighted by atomic mass is 10.0. The number of nitrogens with two attached hydrogens (primary N) is 1. The maximum Gasteiger partial charge on any atom is 0.231 e. The standard InChI is InChI=1S/C23H14Cl5F2N3O2/c24-12-4-2-10(6-11(12)17(34)7-16-20(30)21(31)15(29)8-32-16)33-22(35)19-18(23(19,27)28)9-1-3-13(25)14(26)5-9/h1-6,8,18-19H,7H2,(H2,31,32)(H,33,35)/t18-,19+/m0/s1. The molecule has 4 rings (SSSR count). The van der Waals surface area contributed by atoms with E-state index in [1.807, 2.05) is 0 Å². The number of nitrogen functional groups attached to an aromatic ring is 1. The topological polar surface area (TPSA) is 85.1 Å². The summed E-state index contributed by atoms with van der Waals surface area (Å²) in [6.07, 6.45) is 0.200. The number of carbonyl (C=O) groups excluding carboxylic acids is 2. The average Bonchev–Trinajstić information content (AvgIpc) is 3.39. The lowest BCUT2D eigenvalue weighted by molar-refractivity contribution is -0.117. The molecule has 1 aliphatic rings. The quantitative estimate of drug-likeness (QED) is 0.247. The predicted octanol–water partition coefficient (Wildman–Crippen LogP) is 6.85.